The van der Waals surface area contributed by atoms with Crippen LogP contribution in [0.1, 0.15) is 74.2 Å². The van der Waals surface area contributed by atoms with Crippen molar-refractivity contribution in [1.82, 2.24) is 15.3 Å². The van der Waals surface area contributed by atoms with Crippen LogP contribution in [0.15, 0.2) is 73.1 Å². The van der Waals surface area contributed by atoms with E-state index in [1.54, 1.807) is 49.6 Å². The molecule has 0 bridgehead atoms. The fourth-order valence-corrected chi connectivity index (χ4v) is 5.53. The second kappa shape index (κ2) is 16.0. The average Bonchev–Trinajstić information content (AvgIpc) is 3.04. The molecule has 12 heteroatoms. The van der Waals surface area contributed by atoms with E-state index in [0.29, 0.717) is 60.1 Å². The van der Waals surface area contributed by atoms with Gasteiger partial charge in [-0.1, -0.05) is 50.6 Å². The molecule has 0 radical (unpaired) electrons. The number of rotatable bonds is 14. The zero-order valence-corrected chi connectivity index (χ0v) is 30.2. The molecule has 1 atom stereocenters. The van der Waals surface area contributed by atoms with Gasteiger partial charge < -0.3 is 30.1 Å². The van der Waals surface area contributed by atoms with Gasteiger partial charge in [0.2, 0.25) is 0 Å². The lowest BCUT2D eigenvalue weighted by molar-refractivity contribution is -0.145. The standard InChI is InChI=1S/C38H44ClN5O6/c1-37(2,3)30(36(47)48)17-18-44(21-24-11-14-27(49-7)15-12-24)34-29(22-45)33(40-23-41-34)42-26-13-16-32(31(39)20-26)50-28-10-8-9-25(19-28)35(46)43-38(4,5)6/h8-16,19-20,22-23,30H,17-18,21H2,1-7H3,(H,43,46)(H,47,48)(H,40,41,42). The van der Waals surface area contributed by atoms with Crippen LogP contribution >= 0.6 is 11.6 Å². The number of aldehydes is 1. The number of nitrogens with one attached hydrogen (secondary N) is 2. The molecule has 0 spiro atoms. The molecule has 0 aliphatic rings. The van der Waals surface area contributed by atoms with E-state index in [0.717, 1.165) is 5.56 Å². The quantitative estimate of drug-likeness (QED) is 0.110. The highest BCUT2D eigenvalue weighted by Gasteiger charge is 2.32. The maximum Gasteiger partial charge on any atom is 0.307 e. The minimum Gasteiger partial charge on any atom is -0.497 e. The number of carboxylic acid groups (broad SMARTS) is 1. The molecule has 11 nitrogen and oxygen atoms in total. The van der Waals surface area contributed by atoms with Gasteiger partial charge in [0.25, 0.3) is 5.91 Å². The number of benzene rings is 3. The van der Waals surface area contributed by atoms with E-state index >= 15 is 0 Å². The fraction of sp³-hybridized carbons (Fsp3) is 0.342. The zero-order chi connectivity index (χ0) is 36.6. The second-order valence-electron chi connectivity index (χ2n) is 14.0. The minimum atomic E-state index is -0.884. The number of ether oxygens (including phenoxy) is 2. The largest absolute Gasteiger partial charge is 0.497 e. The first-order valence-corrected chi connectivity index (χ1v) is 16.5. The maximum atomic E-state index is 12.6. The molecule has 4 aromatic rings. The maximum absolute atomic E-state index is 12.6. The number of carbonyl (C=O) groups excluding carboxylic acids is 2. The number of nitrogens with zero attached hydrogens (tertiary/aromatic N) is 3. The number of aromatic nitrogens is 2. The highest BCUT2D eigenvalue weighted by Crippen LogP contribution is 2.35. The van der Waals surface area contributed by atoms with Crippen molar-refractivity contribution in [2.24, 2.45) is 11.3 Å². The van der Waals surface area contributed by atoms with Gasteiger partial charge in [-0.05, 0) is 86.7 Å². The van der Waals surface area contributed by atoms with Gasteiger partial charge in [-0.25, -0.2) is 9.97 Å². The molecule has 0 aliphatic carbocycles. The minimum absolute atomic E-state index is 0.199. The predicted octanol–water partition coefficient (Wildman–Crippen LogP) is 8.16. The summed E-state index contributed by atoms with van der Waals surface area (Å²) in [5.74, 6) is 0.367. The Labute approximate surface area is 298 Å². The third-order valence-corrected chi connectivity index (χ3v) is 8.15. The molecular formula is C38H44ClN5O6. The molecule has 1 amide bonds. The normalized spacial score (nSPS) is 12.1. The lowest BCUT2D eigenvalue weighted by Gasteiger charge is -2.31. The number of hydrogen-bond donors (Lipinski definition) is 3. The SMILES string of the molecule is COc1ccc(CN(CCC(C(=O)O)C(C)(C)C)c2ncnc(Nc3ccc(Oc4cccc(C(=O)NC(C)(C)C)c4)c(Cl)c3)c2C=O)cc1. The molecule has 0 fully saturated rings. The molecule has 0 saturated heterocycles. The summed E-state index contributed by atoms with van der Waals surface area (Å²) in [4.78, 5) is 48.2. The first-order chi connectivity index (χ1) is 23.6. The Morgan fingerprint density at radius 1 is 0.980 bits per heavy atom. The highest BCUT2D eigenvalue weighted by molar-refractivity contribution is 6.32. The predicted molar refractivity (Wildman–Crippen MR) is 195 cm³/mol. The monoisotopic (exact) mass is 701 g/mol. The van der Waals surface area contributed by atoms with Crippen LogP contribution in [0.5, 0.6) is 17.2 Å². The van der Waals surface area contributed by atoms with Crippen molar-refractivity contribution in [3.05, 3.63) is 94.8 Å². The fourth-order valence-electron chi connectivity index (χ4n) is 5.31. The number of halogens is 1. The Bertz CT molecular complexity index is 1820. The van der Waals surface area contributed by atoms with Crippen LogP contribution in [0.25, 0.3) is 0 Å². The van der Waals surface area contributed by atoms with Crippen LogP contribution in [-0.4, -0.2) is 52.4 Å². The van der Waals surface area contributed by atoms with Crippen LogP contribution in [0.4, 0.5) is 17.3 Å². The average molecular weight is 702 g/mol. The number of aliphatic carboxylic acids is 1. The highest BCUT2D eigenvalue weighted by atomic mass is 35.5. The number of hydrogen-bond acceptors (Lipinski definition) is 9. The van der Waals surface area contributed by atoms with Crippen LogP contribution in [0, 0.1) is 11.3 Å². The lowest BCUT2D eigenvalue weighted by atomic mass is 9.78. The summed E-state index contributed by atoms with van der Waals surface area (Å²) >= 11 is 6.62. The Kier molecular flexibility index (Phi) is 12.1. The summed E-state index contributed by atoms with van der Waals surface area (Å²) in [6, 6.07) is 19.3. The molecule has 0 aliphatic heterocycles. The van der Waals surface area contributed by atoms with Gasteiger partial charge >= 0.3 is 5.97 Å². The topological polar surface area (TPSA) is 143 Å². The molecule has 1 unspecified atom stereocenters. The van der Waals surface area contributed by atoms with Crippen LogP contribution in [-0.2, 0) is 11.3 Å². The first-order valence-electron chi connectivity index (χ1n) is 16.2. The van der Waals surface area contributed by atoms with Crippen molar-refractivity contribution in [3.63, 3.8) is 0 Å². The van der Waals surface area contributed by atoms with E-state index in [1.807, 2.05) is 70.7 Å². The van der Waals surface area contributed by atoms with Crippen molar-refractivity contribution in [2.45, 2.75) is 60.0 Å². The van der Waals surface area contributed by atoms with Crippen molar-refractivity contribution in [2.75, 3.05) is 23.9 Å². The number of carbonyl (C=O) groups is 3. The number of amides is 1. The third-order valence-electron chi connectivity index (χ3n) is 7.85. The summed E-state index contributed by atoms with van der Waals surface area (Å²) in [5.41, 5.74) is 1.23. The van der Waals surface area contributed by atoms with Crippen LogP contribution < -0.4 is 25.0 Å². The van der Waals surface area contributed by atoms with Crippen molar-refractivity contribution >= 4 is 47.1 Å². The summed E-state index contributed by atoms with van der Waals surface area (Å²) in [6.07, 6.45) is 2.35. The summed E-state index contributed by atoms with van der Waals surface area (Å²) in [5, 5.41) is 16.4. The number of carboxylic acids is 1. The zero-order valence-electron chi connectivity index (χ0n) is 29.4. The first kappa shape index (κ1) is 37.7. The van der Waals surface area contributed by atoms with E-state index in [1.165, 1.54) is 6.33 Å². The molecular weight excluding hydrogens is 658 g/mol. The third kappa shape index (κ3) is 10.2. The van der Waals surface area contributed by atoms with E-state index in [-0.39, 0.29) is 22.3 Å². The molecule has 3 aromatic carbocycles. The lowest BCUT2D eigenvalue weighted by Crippen LogP contribution is -2.40. The second-order valence-corrected chi connectivity index (χ2v) is 14.4. The van der Waals surface area contributed by atoms with Crippen molar-refractivity contribution in [3.8, 4) is 17.2 Å². The molecule has 1 aromatic heterocycles. The Morgan fingerprint density at radius 3 is 2.30 bits per heavy atom. The van der Waals surface area contributed by atoms with Crippen LogP contribution in [0.3, 0.4) is 0 Å². The Hall–Kier alpha value is -5.16. The smallest absolute Gasteiger partial charge is 0.307 e. The molecule has 0 saturated carbocycles. The van der Waals surface area contributed by atoms with Crippen molar-refractivity contribution in [1.29, 1.82) is 0 Å². The molecule has 3 N–H and O–H groups in total. The number of methoxy groups -OCH3 is 1. The van der Waals surface area contributed by atoms with E-state index in [4.69, 9.17) is 21.1 Å². The molecule has 50 heavy (non-hydrogen) atoms. The Balaban J connectivity index is 1.59. The summed E-state index contributed by atoms with van der Waals surface area (Å²) in [6.45, 7) is 12.1. The van der Waals surface area contributed by atoms with Gasteiger partial charge in [-0.3, -0.25) is 14.4 Å². The van der Waals surface area contributed by atoms with Gasteiger partial charge in [-0.2, -0.15) is 0 Å². The van der Waals surface area contributed by atoms with E-state index < -0.39 is 22.8 Å². The Morgan fingerprint density at radius 2 is 1.70 bits per heavy atom. The van der Waals surface area contributed by atoms with Crippen LogP contribution in [0.2, 0.25) is 5.02 Å². The number of anilines is 3. The van der Waals surface area contributed by atoms with Gasteiger partial charge in [0.1, 0.15) is 35.2 Å². The van der Waals surface area contributed by atoms with Gasteiger partial charge in [-0.15, -0.1) is 0 Å². The van der Waals surface area contributed by atoms with E-state index in [9.17, 15) is 19.5 Å². The summed E-state index contributed by atoms with van der Waals surface area (Å²) in [7, 11) is 1.59. The summed E-state index contributed by atoms with van der Waals surface area (Å²) < 4.78 is 11.3. The van der Waals surface area contributed by atoms with Gasteiger partial charge in [0, 0.05) is 29.9 Å². The van der Waals surface area contributed by atoms with Gasteiger partial charge in [0.15, 0.2) is 6.29 Å². The molecule has 1 heterocycles. The molecule has 264 valence electrons. The van der Waals surface area contributed by atoms with Crippen molar-refractivity contribution < 1.29 is 29.0 Å². The molecule has 4 rings (SSSR count). The van der Waals surface area contributed by atoms with Gasteiger partial charge in [0.05, 0.1) is 23.6 Å². The van der Waals surface area contributed by atoms with E-state index in [2.05, 4.69) is 20.6 Å².